The molecule has 2 aromatic heterocycles. The standard InChI is InChI=1S/C8H8ClN3O/c9-8-3-6-7(4-10-8)12(1-2-13)5-11-6/h3-5,13H,1-2H2. The van der Waals surface area contributed by atoms with Crippen molar-refractivity contribution in [2.45, 2.75) is 6.54 Å². The lowest BCUT2D eigenvalue weighted by Crippen LogP contribution is -1.99. The topological polar surface area (TPSA) is 50.9 Å². The molecule has 0 saturated carbocycles. The molecule has 0 aliphatic carbocycles. The summed E-state index contributed by atoms with van der Waals surface area (Å²) in [6.07, 6.45) is 3.32. The average Bonchev–Trinajstić information content (AvgIpc) is 2.49. The second-order valence-electron chi connectivity index (χ2n) is 2.66. The van der Waals surface area contributed by atoms with Gasteiger partial charge in [0, 0.05) is 12.6 Å². The monoisotopic (exact) mass is 197 g/mol. The molecule has 2 aromatic rings. The lowest BCUT2D eigenvalue weighted by Gasteiger charge is -1.99. The Balaban J connectivity index is 2.55. The summed E-state index contributed by atoms with van der Waals surface area (Å²) in [4.78, 5) is 8.07. The Hall–Kier alpha value is -1.13. The fourth-order valence-electron chi connectivity index (χ4n) is 1.22. The Labute approximate surface area is 79.8 Å². The normalized spacial score (nSPS) is 10.9. The van der Waals surface area contributed by atoms with E-state index in [0.29, 0.717) is 11.7 Å². The van der Waals surface area contributed by atoms with Crippen molar-refractivity contribution in [1.29, 1.82) is 0 Å². The van der Waals surface area contributed by atoms with E-state index in [9.17, 15) is 0 Å². The molecule has 1 N–H and O–H groups in total. The first-order valence-corrected chi connectivity index (χ1v) is 4.26. The summed E-state index contributed by atoms with van der Waals surface area (Å²) in [5.74, 6) is 0. The van der Waals surface area contributed by atoms with Crippen LogP contribution in [0.1, 0.15) is 0 Å². The summed E-state index contributed by atoms with van der Waals surface area (Å²) >= 11 is 5.70. The molecule has 68 valence electrons. The number of aliphatic hydroxyl groups is 1. The smallest absolute Gasteiger partial charge is 0.131 e. The van der Waals surface area contributed by atoms with E-state index in [-0.39, 0.29) is 6.61 Å². The molecule has 0 radical (unpaired) electrons. The predicted molar refractivity (Wildman–Crippen MR) is 49.6 cm³/mol. The van der Waals surface area contributed by atoms with Crippen LogP contribution in [-0.2, 0) is 6.54 Å². The van der Waals surface area contributed by atoms with Gasteiger partial charge in [0.05, 0.1) is 30.2 Å². The number of pyridine rings is 1. The lowest BCUT2D eigenvalue weighted by atomic mass is 10.4. The Morgan fingerprint density at radius 3 is 3.08 bits per heavy atom. The number of rotatable bonds is 2. The number of halogens is 1. The third-order valence-corrected chi connectivity index (χ3v) is 2.02. The molecule has 0 unspecified atom stereocenters. The first-order chi connectivity index (χ1) is 6.31. The number of hydrogen-bond donors (Lipinski definition) is 1. The van der Waals surface area contributed by atoms with Crippen LogP contribution in [0.5, 0.6) is 0 Å². The second-order valence-corrected chi connectivity index (χ2v) is 3.04. The van der Waals surface area contributed by atoms with E-state index in [1.165, 1.54) is 0 Å². The van der Waals surface area contributed by atoms with Gasteiger partial charge in [-0.15, -0.1) is 0 Å². The number of nitrogens with zero attached hydrogens (tertiary/aromatic N) is 3. The summed E-state index contributed by atoms with van der Waals surface area (Å²) in [7, 11) is 0. The minimum Gasteiger partial charge on any atom is -0.395 e. The molecule has 2 heterocycles. The summed E-state index contributed by atoms with van der Waals surface area (Å²) < 4.78 is 1.83. The summed E-state index contributed by atoms with van der Waals surface area (Å²) in [5, 5.41) is 9.19. The molecule has 4 nitrogen and oxygen atoms in total. The van der Waals surface area contributed by atoms with Gasteiger partial charge in [0.1, 0.15) is 5.15 Å². The minimum atomic E-state index is 0.0914. The lowest BCUT2D eigenvalue weighted by molar-refractivity contribution is 0.278. The van der Waals surface area contributed by atoms with Crippen LogP contribution in [0.15, 0.2) is 18.6 Å². The molecule has 0 fully saturated rings. The molecular formula is C8H8ClN3O. The first kappa shape index (κ1) is 8.47. The molecule has 5 heteroatoms. The van der Waals surface area contributed by atoms with Gasteiger partial charge in [0.2, 0.25) is 0 Å². The van der Waals surface area contributed by atoms with Crippen LogP contribution in [0.2, 0.25) is 5.15 Å². The molecule has 0 saturated heterocycles. The molecule has 0 amide bonds. The van der Waals surface area contributed by atoms with E-state index in [4.69, 9.17) is 16.7 Å². The highest BCUT2D eigenvalue weighted by Crippen LogP contribution is 2.14. The fraction of sp³-hybridized carbons (Fsp3) is 0.250. The quantitative estimate of drug-likeness (QED) is 0.733. The van der Waals surface area contributed by atoms with Crippen LogP contribution in [0.4, 0.5) is 0 Å². The van der Waals surface area contributed by atoms with E-state index >= 15 is 0 Å². The molecule has 0 atom stereocenters. The molecule has 0 aliphatic rings. The van der Waals surface area contributed by atoms with Crippen LogP contribution in [0.3, 0.4) is 0 Å². The average molecular weight is 198 g/mol. The molecule has 0 bridgehead atoms. The summed E-state index contributed by atoms with van der Waals surface area (Å²) in [5.41, 5.74) is 1.69. The summed E-state index contributed by atoms with van der Waals surface area (Å²) in [6, 6.07) is 1.70. The van der Waals surface area contributed by atoms with Crippen LogP contribution >= 0.6 is 11.6 Å². The van der Waals surface area contributed by atoms with Crippen LogP contribution in [0.25, 0.3) is 11.0 Å². The Morgan fingerprint density at radius 2 is 2.31 bits per heavy atom. The zero-order valence-electron chi connectivity index (χ0n) is 6.81. The second kappa shape index (κ2) is 3.32. The van der Waals surface area contributed by atoms with Gasteiger partial charge >= 0.3 is 0 Å². The Morgan fingerprint density at radius 1 is 1.46 bits per heavy atom. The SMILES string of the molecule is OCCn1cnc2cc(Cl)ncc21. The zero-order chi connectivity index (χ0) is 9.26. The van der Waals surface area contributed by atoms with Gasteiger partial charge in [-0.1, -0.05) is 11.6 Å². The molecule has 0 aromatic carbocycles. The van der Waals surface area contributed by atoms with Crippen LogP contribution < -0.4 is 0 Å². The highest BCUT2D eigenvalue weighted by molar-refractivity contribution is 6.29. The highest BCUT2D eigenvalue weighted by atomic mass is 35.5. The molecule has 13 heavy (non-hydrogen) atoms. The highest BCUT2D eigenvalue weighted by Gasteiger charge is 2.02. The number of imidazole rings is 1. The number of fused-ring (bicyclic) bond motifs is 1. The predicted octanol–water partition coefficient (Wildman–Crippen LogP) is 1.08. The van der Waals surface area contributed by atoms with Crippen molar-refractivity contribution in [3.05, 3.63) is 23.7 Å². The van der Waals surface area contributed by atoms with E-state index < -0.39 is 0 Å². The van der Waals surface area contributed by atoms with E-state index in [1.54, 1.807) is 18.6 Å². The van der Waals surface area contributed by atoms with E-state index in [2.05, 4.69) is 9.97 Å². The third kappa shape index (κ3) is 1.50. The van der Waals surface area contributed by atoms with Gasteiger partial charge in [0.25, 0.3) is 0 Å². The van der Waals surface area contributed by atoms with Crippen molar-refractivity contribution in [2.75, 3.05) is 6.61 Å². The maximum atomic E-state index is 8.76. The van der Waals surface area contributed by atoms with Gasteiger partial charge in [-0.05, 0) is 0 Å². The van der Waals surface area contributed by atoms with Crippen molar-refractivity contribution in [3.63, 3.8) is 0 Å². The van der Waals surface area contributed by atoms with Crippen molar-refractivity contribution < 1.29 is 5.11 Å². The van der Waals surface area contributed by atoms with Crippen molar-refractivity contribution in [3.8, 4) is 0 Å². The number of aromatic nitrogens is 3. The fourth-order valence-corrected chi connectivity index (χ4v) is 1.37. The largest absolute Gasteiger partial charge is 0.395 e. The maximum Gasteiger partial charge on any atom is 0.131 e. The number of aliphatic hydroxyl groups excluding tert-OH is 1. The number of hydrogen-bond acceptors (Lipinski definition) is 3. The molecular weight excluding hydrogens is 190 g/mol. The van der Waals surface area contributed by atoms with Gasteiger partial charge in [-0.2, -0.15) is 0 Å². The molecule has 0 spiro atoms. The van der Waals surface area contributed by atoms with Crippen LogP contribution in [-0.4, -0.2) is 26.2 Å². The van der Waals surface area contributed by atoms with Crippen molar-refractivity contribution in [2.24, 2.45) is 0 Å². The first-order valence-electron chi connectivity index (χ1n) is 3.88. The van der Waals surface area contributed by atoms with Gasteiger partial charge in [-0.3, -0.25) is 0 Å². The van der Waals surface area contributed by atoms with Crippen molar-refractivity contribution in [1.82, 2.24) is 14.5 Å². The zero-order valence-corrected chi connectivity index (χ0v) is 7.57. The van der Waals surface area contributed by atoms with Gasteiger partial charge in [-0.25, -0.2) is 9.97 Å². The molecule has 0 aliphatic heterocycles. The van der Waals surface area contributed by atoms with Crippen LogP contribution in [0, 0.1) is 0 Å². The third-order valence-electron chi connectivity index (χ3n) is 1.81. The van der Waals surface area contributed by atoms with E-state index in [1.807, 2.05) is 4.57 Å². The summed E-state index contributed by atoms with van der Waals surface area (Å²) in [6.45, 7) is 0.619. The molecule has 2 rings (SSSR count). The van der Waals surface area contributed by atoms with Gasteiger partial charge in [0.15, 0.2) is 0 Å². The minimum absolute atomic E-state index is 0.0914. The maximum absolute atomic E-state index is 8.76. The Kier molecular flexibility index (Phi) is 2.16. The van der Waals surface area contributed by atoms with Crippen molar-refractivity contribution >= 4 is 22.6 Å². The Bertz CT molecular complexity index is 426. The van der Waals surface area contributed by atoms with E-state index in [0.717, 1.165) is 11.0 Å². The van der Waals surface area contributed by atoms with Gasteiger partial charge < -0.3 is 9.67 Å².